The van der Waals surface area contributed by atoms with Crippen molar-refractivity contribution in [3.05, 3.63) is 47.3 Å². The van der Waals surface area contributed by atoms with Gasteiger partial charge in [-0.2, -0.15) is 5.10 Å². The molecule has 114 valence electrons. The van der Waals surface area contributed by atoms with Crippen LogP contribution in [-0.2, 0) is 18.5 Å². The molecule has 0 radical (unpaired) electrons. The zero-order valence-electron chi connectivity index (χ0n) is 12.6. The highest BCUT2D eigenvalue weighted by atomic mass is 16.3. The molecule has 0 saturated heterocycles. The second kappa shape index (κ2) is 4.60. The van der Waals surface area contributed by atoms with E-state index in [1.165, 1.54) is 5.56 Å². The van der Waals surface area contributed by atoms with Crippen LogP contribution in [0.2, 0.25) is 0 Å². The van der Waals surface area contributed by atoms with Crippen LogP contribution >= 0.6 is 0 Å². The molecule has 0 unspecified atom stereocenters. The fourth-order valence-electron chi connectivity index (χ4n) is 3.56. The largest absolute Gasteiger partial charge is 0.508 e. The van der Waals surface area contributed by atoms with Crippen LogP contribution in [0.25, 0.3) is 0 Å². The Morgan fingerprint density at radius 3 is 2.91 bits per heavy atom. The monoisotopic (exact) mass is 297 g/mol. The Balaban J connectivity index is 1.69. The van der Waals surface area contributed by atoms with E-state index in [2.05, 4.69) is 5.10 Å². The van der Waals surface area contributed by atoms with E-state index in [0.29, 0.717) is 24.5 Å². The number of hydrogen-bond donors (Lipinski definition) is 1. The van der Waals surface area contributed by atoms with Gasteiger partial charge in [0.15, 0.2) is 0 Å². The predicted octanol–water partition coefficient (Wildman–Crippen LogP) is 2.30. The molecule has 1 aromatic heterocycles. The summed E-state index contributed by atoms with van der Waals surface area (Å²) >= 11 is 0. The number of aromatic hydroxyl groups is 1. The summed E-state index contributed by atoms with van der Waals surface area (Å²) in [5, 5.41) is 13.9. The van der Waals surface area contributed by atoms with E-state index in [1.54, 1.807) is 23.0 Å². The molecular formula is C17H19N3O2. The summed E-state index contributed by atoms with van der Waals surface area (Å²) in [6.45, 7) is 4.01. The lowest BCUT2D eigenvalue weighted by Gasteiger charge is -2.35. The molecule has 0 bridgehead atoms. The summed E-state index contributed by atoms with van der Waals surface area (Å²) in [4.78, 5) is 14.8. The molecule has 1 aliphatic heterocycles. The molecule has 2 aliphatic rings. The fourth-order valence-corrected chi connectivity index (χ4v) is 3.56. The number of amides is 1. The highest BCUT2D eigenvalue weighted by Crippen LogP contribution is 2.53. The van der Waals surface area contributed by atoms with Gasteiger partial charge in [0.1, 0.15) is 11.4 Å². The normalized spacial score (nSPS) is 18.3. The number of phenols is 1. The van der Waals surface area contributed by atoms with E-state index in [1.807, 2.05) is 24.0 Å². The van der Waals surface area contributed by atoms with Gasteiger partial charge >= 0.3 is 0 Å². The molecule has 22 heavy (non-hydrogen) atoms. The van der Waals surface area contributed by atoms with Crippen LogP contribution < -0.4 is 0 Å². The number of phenolic OH excluding ortho intramolecular Hbond substituents is 1. The zero-order chi connectivity index (χ0) is 15.3. The number of carbonyl (C=O) groups is 1. The number of carbonyl (C=O) groups excluding carboxylic acids is 1. The first kappa shape index (κ1) is 13.4. The second-order valence-electron chi connectivity index (χ2n) is 6.32. The van der Waals surface area contributed by atoms with Crippen molar-refractivity contribution in [3.63, 3.8) is 0 Å². The molecule has 5 nitrogen and oxygen atoms in total. The smallest absolute Gasteiger partial charge is 0.272 e. The molecule has 2 aromatic rings. The highest BCUT2D eigenvalue weighted by Gasteiger charge is 2.50. The standard InChI is InChI=1S/C17H19N3O2/c1-2-20-15(5-8-18-20)16(22)19-10-12-3-4-13(21)9-14(12)17(11-19)6-7-17/h3-5,8-9,21H,2,6-7,10-11H2,1H3. The van der Waals surface area contributed by atoms with Gasteiger partial charge in [-0.05, 0) is 49.1 Å². The first-order chi connectivity index (χ1) is 10.6. The highest BCUT2D eigenvalue weighted by molar-refractivity contribution is 5.92. The van der Waals surface area contributed by atoms with Crippen molar-refractivity contribution in [3.8, 4) is 5.75 Å². The predicted molar refractivity (Wildman–Crippen MR) is 81.7 cm³/mol. The molecule has 1 N–H and O–H groups in total. The minimum absolute atomic E-state index is 0.0457. The lowest BCUT2D eigenvalue weighted by molar-refractivity contribution is 0.0696. The van der Waals surface area contributed by atoms with Gasteiger partial charge in [0.05, 0.1) is 0 Å². The number of benzene rings is 1. The zero-order valence-corrected chi connectivity index (χ0v) is 12.6. The average molecular weight is 297 g/mol. The third-order valence-corrected chi connectivity index (χ3v) is 4.90. The van der Waals surface area contributed by atoms with Crippen LogP contribution in [0.1, 0.15) is 41.4 Å². The molecule has 1 aromatic carbocycles. The fraction of sp³-hybridized carbons (Fsp3) is 0.412. The third kappa shape index (κ3) is 1.92. The quantitative estimate of drug-likeness (QED) is 0.925. The second-order valence-corrected chi connectivity index (χ2v) is 6.32. The van der Waals surface area contributed by atoms with Crippen molar-refractivity contribution in [2.45, 2.75) is 38.3 Å². The van der Waals surface area contributed by atoms with E-state index in [0.717, 1.165) is 24.9 Å². The molecule has 2 heterocycles. The van der Waals surface area contributed by atoms with Crippen molar-refractivity contribution >= 4 is 5.91 Å². The van der Waals surface area contributed by atoms with Crippen molar-refractivity contribution in [2.75, 3.05) is 6.54 Å². The van der Waals surface area contributed by atoms with E-state index < -0.39 is 0 Å². The summed E-state index contributed by atoms with van der Waals surface area (Å²) in [5.74, 6) is 0.359. The van der Waals surface area contributed by atoms with Crippen LogP contribution in [0, 0.1) is 0 Å². The number of aryl methyl sites for hydroxylation is 1. The molecule has 1 fully saturated rings. The lowest BCUT2D eigenvalue weighted by Crippen LogP contribution is -2.42. The van der Waals surface area contributed by atoms with E-state index in [4.69, 9.17) is 0 Å². The molecule has 4 rings (SSSR count). The van der Waals surface area contributed by atoms with Crippen LogP contribution in [0.15, 0.2) is 30.5 Å². The summed E-state index contributed by atoms with van der Waals surface area (Å²) in [6, 6.07) is 7.32. The number of nitrogens with zero attached hydrogens (tertiary/aromatic N) is 3. The number of aromatic nitrogens is 2. The summed E-state index contributed by atoms with van der Waals surface area (Å²) in [6.07, 6.45) is 3.85. The van der Waals surface area contributed by atoms with Crippen LogP contribution in [-0.4, -0.2) is 32.2 Å². The molecule has 1 aliphatic carbocycles. The summed E-state index contributed by atoms with van der Waals surface area (Å²) < 4.78 is 1.74. The Hall–Kier alpha value is -2.30. The average Bonchev–Trinajstić information content (AvgIpc) is 3.12. The Morgan fingerprint density at radius 2 is 2.18 bits per heavy atom. The molecule has 1 amide bonds. The van der Waals surface area contributed by atoms with E-state index >= 15 is 0 Å². The first-order valence-electron chi connectivity index (χ1n) is 7.76. The van der Waals surface area contributed by atoms with Crippen LogP contribution in [0.5, 0.6) is 5.75 Å². The molecule has 1 spiro atoms. The van der Waals surface area contributed by atoms with Crippen LogP contribution in [0.4, 0.5) is 0 Å². The molecule has 5 heteroatoms. The Kier molecular flexibility index (Phi) is 2.79. The van der Waals surface area contributed by atoms with Gasteiger partial charge in [-0.3, -0.25) is 9.48 Å². The Bertz CT molecular complexity index is 746. The number of rotatable bonds is 2. The Morgan fingerprint density at radius 1 is 1.36 bits per heavy atom. The maximum absolute atomic E-state index is 12.8. The van der Waals surface area contributed by atoms with Gasteiger partial charge < -0.3 is 10.0 Å². The molecule has 0 atom stereocenters. The van der Waals surface area contributed by atoms with Gasteiger partial charge in [0.2, 0.25) is 0 Å². The molecular weight excluding hydrogens is 278 g/mol. The van der Waals surface area contributed by atoms with Gasteiger partial charge in [0, 0.05) is 31.2 Å². The van der Waals surface area contributed by atoms with E-state index in [-0.39, 0.29) is 11.3 Å². The van der Waals surface area contributed by atoms with Gasteiger partial charge in [0.25, 0.3) is 5.91 Å². The number of hydrogen-bond acceptors (Lipinski definition) is 3. The van der Waals surface area contributed by atoms with Crippen molar-refractivity contribution in [1.29, 1.82) is 0 Å². The van der Waals surface area contributed by atoms with Gasteiger partial charge in [-0.15, -0.1) is 0 Å². The van der Waals surface area contributed by atoms with Crippen molar-refractivity contribution in [1.82, 2.24) is 14.7 Å². The summed E-state index contributed by atoms with van der Waals surface area (Å²) in [7, 11) is 0. The maximum Gasteiger partial charge on any atom is 0.272 e. The minimum Gasteiger partial charge on any atom is -0.508 e. The lowest BCUT2D eigenvalue weighted by atomic mass is 9.86. The summed E-state index contributed by atoms with van der Waals surface area (Å²) in [5.41, 5.74) is 3.08. The van der Waals surface area contributed by atoms with Gasteiger partial charge in [-0.25, -0.2) is 0 Å². The SMILES string of the molecule is CCn1nccc1C(=O)N1Cc2ccc(O)cc2C2(CC2)C1. The minimum atomic E-state index is 0.0457. The van der Waals surface area contributed by atoms with E-state index in [9.17, 15) is 9.90 Å². The number of fused-ring (bicyclic) bond motifs is 2. The molecule has 1 saturated carbocycles. The van der Waals surface area contributed by atoms with Gasteiger partial charge in [-0.1, -0.05) is 6.07 Å². The topological polar surface area (TPSA) is 58.4 Å². The van der Waals surface area contributed by atoms with Crippen LogP contribution in [0.3, 0.4) is 0 Å². The van der Waals surface area contributed by atoms with Crippen molar-refractivity contribution in [2.24, 2.45) is 0 Å². The first-order valence-corrected chi connectivity index (χ1v) is 7.76. The van der Waals surface area contributed by atoms with Crippen molar-refractivity contribution < 1.29 is 9.90 Å². The third-order valence-electron chi connectivity index (χ3n) is 4.90. The maximum atomic E-state index is 12.8. The Labute approximate surface area is 129 Å².